The van der Waals surface area contributed by atoms with Gasteiger partial charge in [0.05, 0.1) is 15.7 Å². The molecule has 22 heavy (non-hydrogen) atoms. The van der Waals surface area contributed by atoms with E-state index in [2.05, 4.69) is 36.8 Å². The van der Waals surface area contributed by atoms with E-state index in [1.165, 1.54) is 5.69 Å². The van der Waals surface area contributed by atoms with Crippen LogP contribution >= 0.6 is 31.9 Å². The first-order chi connectivity index (χ1) is 10.6. The van der Waals surface area contributed by atoms with E-state index in [4.69, 9.17) is 4.74 Å². The molecule has 0 aliphatic carbocycles. The van der Waals surface area contributed by atoms with Crippen LogP contribution in [0.4, 0.5) is 0 Å². The van der Waals surface area contributed by atoms with Gasteiger partial charge in [0, 0.05) is 36.3 Å². The van der Waals surface area contributed by atoms with Gasteiger partial charge >= 0.3 is 0 Å². The molecule has 0 bridgehead atoms. The molecule has 1 aliphatic heterocycles. The van der Waals surface area contributed by atoms with Crippen molar-refractivity contribution in [3.63, 3.8) is 0 Å². The lowest BCUT2D eigenvalue weighted by Gasteiger charge is -2.27. The zero-order valence-electron chi connectivity index (χ0n) is 12.2. The van der Waals surface area contributed by atoms with Gasteiger partial charge in [-0.2, -0.15) is 0 Å². The van der Waals surface area contributed by atoms with Crippen molar-refractivity contribution in [2.45, 2.75) is 19.9 Å². The lowest BCUT2D eigenvalue weighted by atomic mass is 10.1. The van der Waals surface area contributed by atoms with Crippen molar-refractivity contribution in [1.29, 1.82) is 0 Å². The largest absolute Gasteiger partial charge is 0.494 e. The number of aromatic amines is 1. The molecule has 1 amide bonds. The van der Waals surface area contributed by atoms with Gasteiger partial charge < -0.3 is 14.6 Å². The standard InChI is InChI=1S/C16H16Br2N2O2/c1-2-22-11-5-3-10(4-6-11)16(21)20-8-7-13-12(9-20)14(17)15(18)19-13/h3-6,19H,2,7-9H2,1H3. The molecule has 1 N–H and O–H groups in total. The molecule has 116 valence electrons. The Labute approximate surface area is 146 Å². The molecular formula is C16H16Br2N2O2. The molecule has 0 unspecified atom stereocenters. The number of rotatable bonds is 3. The highest BCUT2D eigenvalue weighted by molar-refractivity contribution is 9.13. The summed E-state index contributed by atoms with van der Waals surface area (Å²) in [6.45, 7) is 3.90. The van der Waals surface area contributed by atoms with Gasteiger partial charge in [-0.25, -0.2) is 0 Å². The molecule has 0 spiro atoms. The van der Waals surface area contributed by atoms with Crippen molar-refractivity contribution in [3.05, 3.63) is 50.2 Å². The lowest BCUT2D eigenvalue weighted by Crippen LogP contribution is -2.35. The average Bonchev–Trinajstić information content (AvgIpc) is 2.82. The molecule has 0 atom stereocenters. The summed E-state index contributed by atoms with van der Waals surface area (Å²) < 4.78 is 7.35. The SMILES string of the molecule is CCOc1ccc(C(=O)N2CCc3[nH]c(Br)c(Br)c3C2)cc1. The number of ether oxygens (including phenoxy) is 1. The number of carbonyl (C=O) groups excluding carboxylic acids is 1. The molecule has 1 aromatic heterocycles. The third-order valence-corrected chi connectivity index (χ3v) is 5.76. The second kappa shape index (κ2) is 6.46. The Morgan fingerprint density at radius 1 is 1.32 bits per heavy atom. The zero-order valence-corrected chi connectivity index (χ0v) is 15.3. The van der Waals surface area contributed by atoms with Crippen LogP contribution in [0.5, 0.6) is 5.75 Å². The van der Waals surface area contributed by atoms with Crippen LogP contribution in [0.25, 0.3) is 0 Å². The van der Waals surface area contributed by atoms with Gasteiger partial charge in [-0.15, -0.1) is 0 Å². The van der Waals surface area contributed by atoms with Crippen molar-refractivity contribution in [2.75, 3.05) is 13.2 Å². The number of fused-ring (bicyclic) bond motifs is 1. The number of benzene rings is 1. The maximum Gasteiger partial charge on any atom is 0.254 e. The van der Waals surface area contributed by atoms with Gasteiger partial charge in [0.15, 0.2) is 0 Å². The highest BCUT2D eigenvalue weighted by atomic mass is 79.9. The second-order valence-corrected chi connectivity index (χ2v) is 6.73. The third kappa shape index (κ3) is 2.94. The highest BCUT2D eigenvalue weighted by Crippen LogP contribution is 2.33. The summed E-state index contributed by atoms with van der Waals surface area (Å²) >= 11 is 7.04. The van der Waals surface area contributed by atoms with Gasteiger partial charge in [0.25, 0.3) is 5.91 Å². The van der Waals surface area contributed by atoms with E-state index in [1.54, 1.807) is 0 Å². The molecule has 0 fully saturated rings. The number of amides is 1. The summed E-state index contributed by atoms with van der Waals surface area (Å²) in [4.78, 5) is 17.8. The monoisotopic (exact) mass is 426 g/mol. The van der Waals surface area contributed by atoms with Crippen molar-refractivity contribution < 1.29 is 9.53 Å². The molecule has 4 nitrogen and oxygen atoms in total. The van der Waals surface area contributed by atoms with Crippen molar-refractivity contribution in [3.8, 4) is 5.75 Å². The lowest BCUT2D eigenvalue weighted by molar-refractivity contribution is 0.0734. The number of aromatic nitrogens is 1. The molecule has 1 aromatic carbocycles. The van der Waals surface area contributed by atoms with E-state index in [-0.39, 0.29) is 5.91 Å². The number of nitrogens with one attached hydrogen (secondary N) is 1. The van der Waals surface area contributed by atoms with Crippen LogP contribution < -0.4 is 4.74 Å². The summed E-state index contributed by atoms with van der Waals surface area (Å²) in [5.41, 5.74) is 3.03. The summed E-state index contributed by atoms with van der Waals surface area (Å²) in [5.74, 6) is 0.843. The minimum atomic E-state index is 0.0536. The molecular weight excluding hydrogens is 412 g/mol. The molecule has 0 radical (unpaired) electrons. The quantitative estimate of drug-likeness (QED) is 0.799. The molecule has 6 heteroatoms. The maximum atomic E-state index is 12.6. The van der Waals surface area contributed by atoms with Gasteiger partial charge in [-0.05, 0) is 63.0 Å². The minimum absolute atomic E-state index is 0.0536. The van der Waals surface area contributed by atoms with E-state index in [9.17, 15) is 4.79 Å². The van der Waals surface area contributed by atoms with Gasteiger partial charge in [-0.3, -0.25) is 4.79 Å². The fraction of sp³-hybridized carbons (Fsp3) is 0.312. The number of H-pyrrole nitrogens is 1. The van der Waals surface area contributed by atoms with Gasteiger partial charge in [-0.1, -0.05) is 0 Å². The molecule has 0 saturated heterocycles. The number of nitrogens with zero attached hydrogens (tertiary/aromatic N) is 1. The normalized spacial score (nSPS) is 13.9. The number of carbonyl (C=O) groups is 1. The second-order valence-electron chi connectivity index (χ2n) is 5.14. The van der Waals surface area contributed by atoms with Crippen molar-refractivity contribution in [1.82, 2.24) is 9.88 Å². The van der Waals surface area contributed by atoms with Crippen LogP contribution in [-0.2, 0) is 13.0 Å². The molecule has 3 rings (SSSR count). The summed E-state index contributed by atoms with van der Waals surface area (Å²) in [6, 6.07) is 7.33. The highest BCUT2D eigenvalue weighted by Gasteiger charge is 2.25. The van der Waals surface area contributed by atoms with E-state index in [0.29, 0.717) is 18.7 Å². The topological polar surface area (TPSA) is 45.3 Å². The van der Waals surface area contributed by atoms with Crippen LogP contribution in [0.2, 0.25) is 0 Å². The Hall–Kier alpha value is -1.27. The van der Waals surface area contributed by atoms with Crippen molar-refractivity contribution >= 4 is 37.8 Å². The number of hydrogen-bond donors (Lipinski definition) is 1. The van der Waals surface area contributed by atoms with Gasteiger partial charge in [0.2, 0.25) is 0 Å². The smallest absolute Gasteiger partial charge is 0.254 e. The van der Waals surface area contributed by atoms with Crippen LogP contribution in [0, 0.1) is 0 Å². The predicted octanol–water partition coefficient (Wildman–Crippen LogP) is 4.14. The maximum absolute atomic E-state index is 12.6. The predicted molar refractivity (Wildman–Crippen MR) is 92.2 cm³/mol. The van der Waals surface area contributed by atoms with Crippen molar-refractivity contribution in [2.24, 2.45) is 0 Å². The van der Waals surface area contributed by atoms with Gasteiger partial charge in [0.1, 0.15) is 5.75 Å². The number of halogens is 2. The van der Waals surface area contributed by atoms with Crippen LogP contribution in [0.3, 0.4) is 0 Å². The molecule has 0 saturated carbocycles. The van der Waals surface area contributed by atoms with E-state index in [1.807, 2.05) is 36.1 Å². The molecule has 2 heterocycles. The Morgan fingerprint density at radius 3 is 2.73 bits per heavy atom. The zero-order chi connectivity index (χ0) is 15.7. The summed E-state index contributed by atoms with van der Waals surface area (Å²) in [6.07, 6.45) is 0.836. The first kappa shape index (κ1) is 15.6. The summed E-state index contributed by atoms with van der Waals surface area (Å²) in [7, 11) is 0. The average molecular weight is 428 g/mol. The van der Waals surface area contributed by atoms with Crippen LogP contribution in [0.15, 0.2) is 33.3 Å². The van der Waals surface area contributed by atoms with Crippen LogP contribution in [0.1, 0.15) is 28.5 Å². The van der Waals surface area contributed by atoms with Crippen LogP contribution in [-0.4, -0.2) is 28.9 Å². The summed E-state index contributed by atoms with van der Waals surface area (Å²) in [5, 5.41) is 0. The third-order valence-electron chi connectivity index (χ3n) is 3.76. The fourth-order valence-electron chi connectivity index (χ4n) is 2.64. The Balaban J connectivity index is 1.77. The fourth-order valence-corrected chi connectivity index (χ4v) is 3.58. The van der Waals surface area contributed by atoms with E-state index in [0.717, 1.165) is 33.4 Å². The van der Waals surface area contributed by atoms with E-state index >= 15 is 0 Å². The number of hydrogen-bond acceptors (Lipinski definition) is 2. The molecule has 2 aromatic rings. The first-order valence-corrected chi connectivity index (χ1v) is 8.75. The molecule has 1 aliphatic rings. The minimum Gasteiger partial charge on any atom is -0.494 e. The van der Waals surface area contributed by atoms with E-state index < -0.39 is 0 Å². The first-order valence-electron chi connectivity index (χ1n) is 7.17. The Morgan fingerprint density at radius 2 is 2.05 bits per heavy atom. The Kier molecular flexibility index (Phi) is 4.59. The Bertz CT molecular complexity index is 695.